The van der Waals surface area contributed by atoms with E-state index in [0.717, 1.165) is 30.6 Å². The molecule has 0 radical (unpaired) electrons. The first-order chi connectivity index (χ1) is 19.1. The zero-order valence-corrected chi connectivity index (χ0v) is 23.4. The molecular formula is C28H29N4O6S2+. The number of amides is 1. The molecule has 10 nitrogen and oxygen atoms in total. The number of sulfonamides is 1. The molecule has 208 valence electrons. The quantitative estimate of drug-likeness (QED) is 0.317. The van der Waals surface area contributed by atoms with Crippen molar-refractivity contribution in [2.45, 2.75) is 11.4 Å². The van der Waals surface area contributed by atoms with Crippen molar-refractivity contribution in [3.63, 3.8) is 0 Å². The van der Waals surface area contributed by atoms with Crippen LogP contribution in [0.3, 0.4) is 0 Å². The Kier molecular flexibility index (Phi) is 7.74. The van der Waals surface area contributed by atoms with Gasteiger partial charge in [0, 0.05) is 54.8 Å². The van der Waals surface area contributed by atoms with Crippen LogP contribution in [0.25, 0.3) is 10.9 Å². The molecule has 1 amide bonds. The van der Waals surface area contributed by atoms with E-state index < -0.39 is 20.1 Å². The van der Waals surface area contributed by atoms with Crippen LogP contribution in [-0.4, -0.2) is 65.0 Å². The topological polar surface area (TPSA) is 117 Å². The molecule has 0 unspecified atom stereocenters. The maximum Gasteiger partial charge on any atom is 0.364 e. The lowest BCUT2D eigenvalue weighted by atomic mass is 10.1. The van der Waals surface area contributed by atoms with Gasteiger partial charge in [-0.3, -0.25) is 14.4 Å². The number of hydrogen-bond donors (Lipinski definition) is 1. The van der Waals surface area contributed by atoms with Gasteiger partial charge in [0.15, 0.2) is 4.90 Å². The third-order valence-electron chi connectivity index (χ3n) is 6.55. The summed E-state index contributed by atoms with van der Waals surface area (Å²) >= 11 is 0. The van der Waals surface area contributed by atoms with Crippen LogP contribution in [0.1, 0.15) is 15.9 Å². The minimum Gasteiger partial charge on any atom is -0.336 e. The van der Waals surface area contributed by atoms with Crippen LogP contribution in [-0.2, 0) is 26.7 Å². The summed E-state index contributed by atoms with van der Waals surface area (Å²) in [5.74, 6) is -0.109. The van der Waals surface area contributed by atoms with Crippen molar-refractivity contribution in [2.24, 2.45) is 0 Å². The molecule has 0 bridgehead atoms. The molecule has 1 N–H and O–H groups in total. The molecule has 0 atom stereocenters. The third kappa shape index (κ3) is 6.41. The van der Waals surface area contributed by atoms with Crippen LogP contribution in [0, 0.1) is 0 Å². The zero-order valence-electron chi connectivity index (χ0n) is 21.8. The van der Waals surface area contributed by atoms with Crippen LogP contribution >= 0.6 is 0 Å². The SMILES string of the molecule is CS(=O)(=O)O[n+]1cccc2cccc(S(=O)(=O)Nc3ccc(C(=O)N4CCN(Cc5ccccc5)CC4)cc3)c21. The average Bonchev–Trinajstić information content (AvgIpc) is 2.93. The molecule has 4 aromatic rings. The second-order valence-corrected chi connectivity index (χ2v) is 12.8. The number of aromatic nitrogens is 1. The number of pyridine rings is 1. The van der Waals surface area contributed by atoms with E-state index in [-0.39, 0.29) is 22.0 Å². The standard InChI is InChI=1S/C28H28N4O6S2/c1-39(34,35)38-32-16-6-10-23-9-5-11-26(27(23)32)40(36,37)29-25-14-12-24(13-15-25)28(33)31-19-17-30(18-20-31)21-22-7-3-2-4-8-22/h2-16H,17-21H2,1H3/p+1. The molecule has 1 aliphatic heterocycles. The van der Waals surface area contributed by atoms with Gasteiger partial charge in [-0.15, -0.1) is 4.28 Å². The summed E-state index contributed by atoms with van der Waals surface area (Å²) in [6, 6.07) is 24.2. The van der Waals surface area contributed by atoms with Gasteiger partial charge in [0.2, 0.25) is 6.20 Å². The van der Waals surface area contributed by atoms with E-state index in [9.17, 15) is 21.6 Å². The Balaban J connectivity index is 1.28. The van der Waals surface area contributed by atoms with Gasteiger partial charge in [-0.1, -0.05) is 36.4 Å². The summed E-state index contributed by atoms with van der Waals surface area (Å²) in [7, 11) is -8.07. The number of nitrogens with zero attached hydrogens (tertiary/aromatic N) is 3. The van der Waals surface area contributed by atoms with Gasteiger partial charge < -0.3 is 4.90 Å². The highest BCUT2D eigenvalue weighted by atomic mass is 32.2. The van der Waals surface area contributed by atoms with Crippen LogP contribution in [0.4, 0.5) is 5.69 Å². The molecule has 12 heteroatoms. The Morgan fingerprint density at radius 1 is 0.850 bits per heavy atom. The van der Waals surface area contributed by atoms with E-state index in [1.807, 2.05) is 18.2 Å². The van der Waals surface area contributed by atoms with Gasteiger partial charge in [-0.05, 0) is 48.0 Å². The van der Waals surface area contributed by atoms with E-state index in [0.29, 0.717) is 24.0 Å². The largest absolute Gasteiger partial charge is 0.364 e. The molecule has 1 saturated heterocycles. The van der Waals surface area contributed by atoms with Gasteiger partial charge in [0.25, 0.3) is 21.4 Å². The molecule has 0 aliphatic carbocycles. The van der Waals surface area contributed by atoms with Crippen molar-refractivity contribution in [1.29, 1.82) is 0 Å². The Labute approximate surface area is 233 Å². The second kappa shape index (κ2) is 11.2. The fourth-order valence-electron chi connectivity index (χ4n) is 4.66. The number of carbonyl (C=O) groups is 1. The minimum absolute atomic E-state index is 0.0705. The Morgan fingerprint density at radius 3 is 2.20 bits per heavy atom. The van der Waals surface area contributed by atoms with E-state index in [1.165, 1.54) is 30.0 Å². The number of hydrogen-bond acceptors (Lipinski definition) is 7. The second-order valence-electron chi connectivity index (χ2n) is 9.54. The number of rotatable bonds is 8. The molecule has 1 fully saturated rings. The number of piperazine rings is 1. The van der Waals surface area contributed by atoms with Crippen molar-refractivity contribution in [1.82, 2.24) is 9.80 Å². The number of carbonyl (C=O) groups excluding carboxylic acids is 1. The van der Waals surface area contributed by atoms with E-state index >= 15 is 0 Å². The average molecular weight is 582 g/mol. The predicted octanol–water partition coefficient (Wildman–Crippen LogP) is 2.27. The minimum atomic E-state index is -4.15. The third-order valence-corrected chi connectivity index (χ3v) is 8.39. The van der Waals surface area contributed by atoms with E-state index in [1.54, 1.807) is 41.3 Å². The van der Waals surface area contributed by atoms with Crippen molar-refractivity contribution < 1.29 is 30.6 Å². The lowest BCUT2D eigenvalue weighted by Crippen LogP contribution is -2.48. The van der Waals surface area contributed by atoms with Gasteiger partial charge in [0.1, 0.15) is 0 Å². The number of fused-ring (bicyclic) bond motifs is 1. The lowest BCUT2D eigenvalue weighted by molar-refractivity contribution is -0.835. The summed E-state index contributed by atoms with van der Waals surface area (Å²) in [6.45, 7) is 3.60. The van der Waals surface area contributed by atoms with Crippen LogP contribution < -0.4 is 13.7 Å². The molecule has 2 heterocycles. The fraction of sp³-hybridized carbons (Fsp3) is 0.214. The lowest BCUT2D eigenvalue weighted by Gasteiger charge is -2.34. The van der Waals surface area contributed by atoms with Crippen molar-refractivity contribution in [3.8, 4) is 0 Å². The maximum absolute atomic E-state index is 13.4. The van der Waals surface area contributed by atoms with E-state index in [2.05, 4.69) is 21.8 Å². The first kappa shape index (κ1) is 27.6. The zero-order chi connectivity index (χ0) is 28.3. The summed E-state index contributed by atoms with van der Waals surface area (Å²) in [6.07, 6.45) is 2.20. The number of nitrogens with one attached hydrogen (secondary N) is 1. The van der Waals surface area contributed by atoms with Crippen LogP contribution in [0.2, 0.25) is 0 Å². The Bertz CT molecular complexity index is 1730. The Hall–Kier alpha value is -4.00. The van der Waals surface area contributed by atoms with Gasteiger partial charge in [0.05, 0.1) is 11.6 Å². The molecular weight excluding hydrogens is 552 g/mol. The monoisotopic (exact) mass is 581 g/mol. The number of para-hydroxylation sites is 1. The molecule has 5 rings (SSSR count). The van der Waals surface area contributed by atoms with Crippen molar-refractivity contribution in [2.75, 3.05) is 37.2 Å². The highest BCUT2D eigenvalue weighted by molar-refractivity contribution is 7.93. The highest BCUT2D eigenvalue weighted by Crippen LogP contribution is 2.23. The summed E-state index contributed by atoms with van der Waals surface area (Å²) in [5, 5.41) is 0.471. The molecule has 3 aromatic carbocycles. The first-order valence-corrected chi connectivity index (χ1v) is 15.9. The normalized spacial score (nSPS) is 14.7. The maximum atomic E-state index is 13.4. The number of benzene rings is 3. The highest BCUT2D eigenvalue weighted by Gasteiger charge is 2.28. The Morgan fingerprint density at radius 2 is 1.52 bits per heavy atom. The van der Waals surface area contributed by atoms with E-state index in [4.69, 9.17) is 4.28 Å². The molecule has 0 spiro atoms. The van der Waals surface area contributed by atoms with Crippen molar-refractivity contribution in [3.05, 3.63) is 102 Å². The van der Waals surface area contributed by atoms with Crippen LogP contribution in [0.5, 0.6) is 0 Å². The summed E-state index contributed by atoms with van der Waals surface area (Å²) in [5.41, 5.74) is 2.03. The molecule has 1 aromatic heterocycles. The van der Waals surface area contributed by atoms with Crippen molar-refractivity contribution >= 4 is 42.6 Å². The molecule has 40 heavy (non-hydrogen) atoms. The van der Waals surface area contributed by atoms with Gasteiger partial charge >= 0.3 is 10.1 Å². The predicted molar refractivity (Wildman–Crippen MR) is 150 cm³/mol. The van der Waals surface area contributed by atoms with Gasteiger partial charge in [-0.2, -0.15) is 8.42 Å². The summed E-state index contributed by atoms with van der Waals surface area (Å²) in [4.78, 5) is 17.0. The van der Waals surface area contributed by atoms with Gasteiger partial charge in [-0.25, -0.2) is 8.42 Å². The van der Waals surface area contributed by atoms with Crippen LogP contribution in [0.15, 0.2) is 96.0 Å². The summed E-state index contributed by atoms with van der Waals surface area (Å²) < 4.78 is 58.6. The number of anilines is 1. The molecule has 1 aliphatic rings. The fourth-order valence-corrected chi connectivity index (χ4v) is 6.35. The smallest absolute Gasteiger partial charge is 0.336 e. The first-order valence-electron chi connectivity index (χ1n) is 12.6. The molecule has 0 saturated carbocycles.